The molecule has 66 valence electrons. The van der Waals surface area contributed by atoms with Crippen LogP contribution in [-0.2, 0) is 0 Å². The molecule has 0 aliphatic heterocycles. The molecule has 12 heavy (non-hydrogen) atoms. The topological polar surface area (TPSA) is 0 Å². The van der Waals surface area contributed by atoms with Gasteiger partial charge in [-0.25, -0.2) is 0 Å². The number of hydrogen-bond acceptors (Lipinski definition) is 0. The average Bonchev–Trinajstić information content (AvgIpc) is 1.99. The number of halogens is 2. The van der Waals surface area contributed by atoms with Crippen molar-refractivity contribution in [1.82, 2.24) is 0 Å². The predicted octanol–water partition coefficient (Wildman–Crippen LogP) is 4.52. The Balaban J connectivity index is 3.21. The fraction of sp³-hybridized carbons (Fsp3) is 0.400. The maximum atomic E-state index is 3.56. The van der Waals surface area contributed by atoms with Crippen molar-refractivity contribution in [2.24, 2.45) is 0 Å². The van der Waals surface area contributed by atoms with Gasteiger partial charge in [0.25, 0.3) is 0 Å². The highest BCUT2D eigenvalue weighted by atomic mass is 79.9. The molecule has 0 saturated carbocycles. The Bertz CT molecular complexity index is 267. The minimum Gasteiger partial charge on any atom is -0.0842 e. The van der Waals surface area contributed by atoms with Crippen molar-refractivity contribution in [3.8, 4) is 0 Å². The number of rotatable bonds is 1. The highest BCUT2D eigenvalue weighted by Gasteiger charge is 2.05. The van der Waals surface area contributed by atoms with Crippen LogP contribution in [0.25, 0.3) is 0 Å². The Morgan fingerprint density at radius 2 is 1.58 bits per heavy atom. The molecule has 0 spiro atoms. The summed E-state index contributed by atoms with van der Waals surface area (Å²) in [6.45, 7) is 6.38. The van der Waals surface area contributed by atoms with E-state index in [2.05, 4.69) is 64.8 Å². The summed E-state index contributed by atoms with van der Waals surface area (Å²) < 4.78 is 1.22. The third-order valence-corrected chi connectivity index (χ3v) is 3.70. The summed E-state index contributed by atoms with van der Waals surface area (Å²) in [6, 6.07) is 4.41. The highest BCUT2D eigenvalue weighted by molar-refractivity contribution is 9.10. The van der Waals surface area contributed by atoms with E-state index < -0.39 is 0 Å². The van der Waals surface area contributed by atoms with Crippen LogP contribution in [0.4, 0.5) is 0 Å². The molecule has 1 atom stereocenters. The van der Waals surface area contributed by atoms with Gasteiger partial charge >= 0.3 is 0 Å². The van der Waals surface area contributed by atoms with Gasteiger partial charge in [0.2, 0.25) is 0 Å². The van der Waals surface area contributed by atoms with Crippen LogP contribution in [0.2, 0.25) is 0 Å². The van der Waals surface area contributed by atoms with Gasteiger partial charge in [0, 0.05) is 9.30 Å². The van der Waals surface area contributed by atoms with Crippen molar-refractivity contribution in [3.05, 3.63) is 33.3 Å². The minimum absolute atomic E-state index is 0.433. The molecule has 1 aromatic rings. The van der Waals surface area contributed by atoms with Crippen LogP contribution in [0.15, 0.2) is 16.6 Å². The fourth-order valence-corrected chi connectivity index (χ4v) is 1.70. The summed E-state index contributed by atoms with van der Waals surface area (Å²) in [5.74, 6) is 0. The first-order valence-electron chi connectivity index (χ1n) is 3.93. The molecule has 0 aliphatic rings. The van der Waals surface area contributed by atoms with Gasteiger partial charge in [-0.2, -0.15) is 0 Å². The third kappa shape index (κ3) is 2.11. The first kappa shape index (κ1) is 10.3. The monoisotopic (exact) mass is 290 g/mol. The number of benzene rings is 1. The second kappa shape index (κ2) is 3.93. The van der Waals surface area contributed by atoms with Crippen molar-refractivity contribution in [2.45, 2.75) is 25.6 Å². The van der Waals surface area contributed by atoms with Crippen LogP contribution in [0.3, 0.4) is 0 Å². The molecule has 2 heteroatoms. The maximum Gasteiger partial charge on any atom is 0.0367 e. The second-order valence-electron chi connectivity index (χ2n) is 3.08. The van der Waals surface area contributed by atoms with Gasteiger partial charge in [-0.1, -0.05) is 44.0 Å². The van der Waals surface area contributed by atoms with E-state index in [1.807, 2.05) is 0 Å². The van der Waals surface area contributed by atoms with Crippen molar-refractivity contribution < 1.29 is 0 Å². The first-order valence-corrected chi connectivity index (χ1v) is 5.64. The lowest BCUT2D eigenvalue weighted by Gasteiger charge is -2.09. The molecule has 0 bridgehead atoms. The van der Waals surface area contributed by atoms with Crippen LogP contribution in [-0.4, -0.2) is 0 Å². The number of alkyl halides is 1. The van der Waals surface area contributed by atoms with Crippen LogP contribution < -0.4 is 0 Å². The molecule has 0 nitrogen and oxygen atoms in total. The van der Waals surface area contributed by atoms with E-state index in [1.54, 1.807) is 0 Å². The summed E-state index contributed by atoms with van der Waals surface area (Å²) in [4.78, 5) is 0.433. The zero-order valence-corrected chi connectivity index (χ0v) is 10.7. The average molecular weight is 292 g/mol. The van der Waals surface area contributed by atoms with E-state index in [0.29, 0.717) is 4.83 Å². The lowest BCUT2D eigenvalue weighted by molar-refractivity contribution is 1.10. The smallest absolute Gasteiger partial charge is 0.0367 e. The molecule has 0 saturated heterocycles. The molecule has 0 fully saturated rings. The largest absolute Gasteiger partial charge is 0.0842 e. The molecule has 0 heterocycles. The molecule has 0 N–H and O–H groups in total. The molecule has 0 radical (unpaired) electrons. The van der Waals surface area contributed by atoms with Gasteiger partial charge in [-0.15, -0.1) is 0 Å². The molecule has 1 unspecified atom stereocenters. The maximum absolute atomic E-state index is 3.56. The Hall–Kier alpha value is 0.180. The van der Waals surface area contributed by atoms with E-state index in [4.69, 9.17) is 0 Å². The number of aryl methyl sites for hydroxylation is 2. The Morgan fingerprint density at radius 3 is 1.92 bits per heavy atom. The van der Waals surface area contributed by atoms with E-state index in [1.165, 1.54) is 21.2 Å². The Kier molecular flexibility index (Phi) is 3.36. The Labute approximate surface area is 90.6 Å². The van der Waals surface area contributed by atoms with Crippen LogP contribution >= 0.6 is 31.9 Å². The van der Waals surface area contributed by atoms with Crippen molar-refractivity contribution in [3.63, 3.8) is 0 Å². The molecule has 0 aromatic heterocycles. The summed E-state index contributed by atoms with van der Waals surface area (Å²) in [5.41, 5.74) is 3.95. The van der Waals surface area contributed by atoms with Crippen LogP contribution in [0.1, 0.15) is 28.4 Å². The fourth-order valence-electron chi connectivity index (χ4n) is 1.21. The lowest BCUT2D eigenvalue weighted by atomic mass is 10.1. The van der Waals surface area contributed by atoms with E-state index in [9.17, 15) is 0 Å². The second-order valence-corrected chi connectivity index (χ2v) is 5.25. The minimum atomic E-state index is 0.433. The standard InChI is InChI=1S/C10H12Br2/c1-6-4-9(8(3)11)5-7(2)10(6)12/h4-5,8H,1-3H3. The van der Waals surface area contributed by atoms with Gasteiger partial charge < -0.3 is 0 Å². The van der Waals surface area contributed by atoms with Gasteiger partial charge in [0.15, 0.2) is 0 Å². The molecular weight excluding hydrogens is 280 g/mol. The van der Waals surface area contributed by atoms with Gasteiger partial charge in [-0.3, -0.25) is 0 Å². The Morgan fingerprint density at radius 1 is 1.17 bits per heavy atom. The molecular formula is C10H12Br2. The predicted molar refractivity (Wildman–Crippen MR) is 61.0 cm³/mol. The lowest BCUT2D eigenvalue weighted by Crippen LogP contribution is -1.89. The van der Waals surface area contributed by atoms with Crippen molar-refractivity contribution in [1.29, 1.82) is 0 Å². The summed E-state index contributed by atoms with van der Waals surface area (Å²) in [5, 5.41) is 0. The molecule has 1 rings (SSSR count). The van der Waals surface area contributed by atoms with Gasteiger partial charge in [0.1, 0.15) is 0 Å². The summed E-state index contributed by atoms with van der Waals surface area (Å²) in [6.07, 6.45) is 0. The zero-order chi connectivity index (χ0) is 9.30. The van der Waals surface area contributed by atoms with E-state index in [-0.39, 0.29) is 0 Å². The zero-order valence-electron chi connectivity index (χ0n) is 7.49. The molecule has 0 amide bonds. The number of hydrogen-bond donors (Lipinski definition) is 0. The van der Waals surface area contributed by atoms with Crippen molar-refractivity contribution in [2.75, 3.05) is 0 Å². The van der Waals surface area contributed by atoms with Gasteiger partial charge in [-0.05, 0) is 37.5 Å². The van der Waals surface area contributed by atoms with Crippen LogP contribution in [0.5, 0.6) is 0 Å². The quantitative estimate of drug-likeness (QED) is 0.667. The van der Waals surface area contributed by atoms with E-state index >= 15 is 0 Å². The summed E-state index contributed by atoms with van der Waals surface area (Å²) in [7, 11) is 0. The normalized spacial score (nSPS) is 13.1. The van der Waals surface area contributed by atoms with Gasteiger partial charge in [0.05, 0.1) is 0 Å². The third-order valence-electron chi connectivity index (χ3n) is 1.92. The molecule has 0 aliphatic carbocycles. The van der Waals surface area contributed by atoms with E-state index in [0.717, 1.165) is 0 Å². The summed E-state index contributed by atoms with van der Waals surface area (Å²) >= 11 is 7.11. The SMILES string of the molecule is Cc1cc(C(C)Br)cc(C)c1Br. The highest BCUT2D eigenvalue weighted by Crippen LogP contribution is 2.28. The molecule has 1 aromatic carbocycles. The van der Waals surface area contributed by atoms with Crippen LogP contribution in [0, 0.1) is 13.8 Å². The van der Waals surface area contributed by atoms with Crippen molar-refractivity contribution >= 4 is 31.9 Å². The first-order chi connectivity index (χ1) is 5.52.